The van der Waals surface area contributed by atoms with Gasteiger partial charge in [-0.2, -0.15) is 0 Å². The number of aryl methyl sites for hydroxylation is 1. The van der Waals surface area contributed by atoms with Crippen LogP contribution in [0.25, 0.3) is 10.8 Å². The van der Waals surface area contributed by atoms with Crippen LogP contribution in [0.4, 0.5) is 0 Å². The minimum atomic E-state index is 0.989. The smallest absolute Gasteiger partial charge is 0.00195 e. The van der Waals surface area contributed by atoms with Gasteiger partial charge in [0.05, 0.1) is 0 Å². The van der Waals surface area contributed by atoms with Crippen LogP contribution in [-0.4, -0.2) is 0 Å². The van der Waals surface area contributed by atoms with E-state index in [4.69, 9.17) is 0 Å². The molecule has 3 aromatic rings. The summed E-state index contributed by atoms with van der Waals surface area (Å²) in [6, 6.07) is 24.1. The van der Waals surface area contributed by atoms with Crippen LogP contribution in [0.5, 0.6) is 0 Å². The average molecular weight is 272 g/mol. The molecule has 0 radical (unpaired) electrons. The number of fused-ring (bicyclic) bond motifs is 1. The molecule has 0 saturated heterocycles. The molecule has 3 rings (SSSR count). The maximum absolute atomic E-state index is 3.80. The zero-order valence-electron chi connectivity index (χ0n) is 12.3. The summed E-state index contributed by atoms with van der Waals surface area (Å²) in [6.45, 7) is 3.80. The van der Waals surface area contributed by atoms with E-state index in [0.717, 1.165) is 19.3 Å². The lowest BCUT2D eigenvalue weighted by molar-refractivity contribution is 0.997. The van der Waals surface area contributed by atoms with Gasteiger partial charge in [-0.3, -0.25) is 0 Å². The third-order valence-electron chi connectivity index (χ3n) is 3.90. The first-order chi connectivity index (χ1) is 10.4. The van der Waals surface area contributed by atoms with Gasteiger partial charge in [-0.1, -0.05) is 72.8 Å². The molecule has 0 fully saturated rings. The maximum Gasteiger partial charge on any atom is -0.00195 e. The summed E-state index contributed by atoms with van der Waals surface area (Å²) in [5.41, 5.74) is 4.18. The summed E-state index contributed by atoms with van der Waals surface area (Å²) in [6.07, 6.45) is 5.09. The Morgan fingerprint density at radius 1 is 0.810 bits per heavy atom. The maximum atomic E-state index is 3.80. The molecule has 0 aliphatic rings. The summed E-state index contributed by atoms with van der Waals surface area (Å²) < 4.78 is 0. The highest BCUT2D eigenvalue weighted by Gasteiger charge is 2.02. The summed E-state index contributed by atoms with van der Waals surface area (Å²) in [5.74, 6) is 0. The highest BCUT2D eigenvalue weighted by molar-refractivity contribution is 5.85. The molecule has 0 bridgehead atoms. The van der Waals surface area contributed by atoms with E-state index in [-0.39, 0.29) is 0 Å². The van der Waals surface area contributed by atoms with Crippen LogP contribution >= 0.6 is 0 Å². The van der Waals surface area contributed by atoms with Crippen molar-refractivity contribution < 1.29 is 0 Å². The van der Waals surface area contributed by atoms with Gasteiger partial charge in [-0.15, -0.1) is 6.58 Å². The first-order valence-corrected chi connectivity index (χ1v) is 7.52. The number of benzene rings is 3. The highest BCUT2D eigenvalue weighted by Crippen LogP contribution is 2.21. The lowest BCUT2D eigenvalue weighted by atomic mass is 9.97. The fraction of sp³-hybridized carbons (Fsp3) is 0.143. The molecule has 0 N–H and O–H groups in total. The summed E-state index contributed by atoms with van der Waals surface area (Å²) in [4.78, 5) is 0. The Bertz CT molecular complexity index is 747. The molecule has 3 aromatic carbocycles. The fourth-order valence-corrected chi connectivity index (χ4v) is 2.83. The quantitative estimate of drug-likeness (QED) is 0.534. The van der Waals surface area contributed by atoms with E-state index < -0.39 is 0 Å². The Balaban J connectivity index is 1.90. The van der Waals surface area contributed by atoms with Crippen molar-refractivity contribution in [3.8, 4) is 0 Å². The van der Waals surface area contributed by atoms with Crippen molar-refractivity contribution in [3.05, 3.63) is 96.1 Å². The van der Waals surface area contributed by atoms with Gasteiger partial charge in [0.2, 0.25) is 0 Å². The normalized spacial score (nSPS) is 10.7. The minimum absolute atomic E-state index is 0.989. The Kier molecular flexibility index (Phi) is 4.16. The molecule has 0 nitrogen and oxygen atoms in total. The van der Waals surface area contributed by atoms with Crippen molar-refractivity contribution >= 4 is 10.8 Å². The Morgan fingerprint density at radius 2 is 1.57 bits per heavy atom. The molecule has 0 unspecified atom stereocenters. The van der Waals surface area contributed by atoms with E-state index in [1.807, 2.05) is 6.08 Å². The minimum Gasteiger partial charge on any atom is -0.103 e. The van der Waals surface area contributed by atoms with Crippen LogP contribution in [0, 0.1) is 0 Å². The molecule has 0 heterocycles. The van der Waals surface area contributed by atoms with Crippen LogP contribution in [0.1, 0.15) is 23.1 Å². The van der Waals surface area contributed by atoms with Gasteiger partial charge in [0.25, 0.3) is 0 Å². The Morgan fingerprint density at radius 3 is 2.48 bits per heavy atom. The molecule has 0 heteroatoms. The molecular weight excluding hydrogens is 252 g/mol. The second kappa shape index (κ2) is 6.41. The number of hydrogen-bond donors (Lipinski definition) is 0. The monoisotopic (exact) mass is 272 g/mol. The second-order valence-electron chi connectivity index (χ2n) is 5.46. The number of rotatable bonds is 5. The van der Waals surface area contributed by atoms with Crippen molar-refractivity contribution in [1.29, 1.82) is 0 Å². The van der Waals surface area contributed by atoms with Gasteiger partial charge >= 0.3 is 0 Å². The van der Waals surface area contributed by atoms with Gasteiger partial charge in [0.1, 0.15) is 0 Å². The first kappa shape index (κ1) is 13.6. The zero-order valence-corrected chi connectivity index (χ0v) is 12.3. The van der Waals surface area contributed by atoms with Gasteiger partial charge in [0.15, 0.2) is 0 Å². The standard InChI is InChI=1S/C21H20/c1-2-3-8-17-9-6-10-18(15-17)16-20-13-7-12-19-11-4-5-14-21(19)20/h2,4-7,9-15H,1,3,8,16H2. The fourth-order valence-electron chi connectivity index (χ4n) is 2.83. The van der Waals surface area contributed by atoms with Crippen LogP contribution in [0.15, 0.2) is 79.4 Å². The number of allylic oxidation sites excluding steroid dienone is 1. The average Bonchev–Trinajstić information content (AvgIpc) is 2.54. The summed E-state index contributed by atoms with van der Waals surface area (Å²) >= 11 is 0. The van der Waals surface area contributed by atoms with Gasteiger partial charge in [-0.05, 0) is 46.7 Å². The molecule has 0 saturated carbocycles. The van der Waals surface area contributed by atoms with Gasteiger partial charge in [0, 0.05) is 0 Å². The SMILES string of the molecule is C=CCCc1cccc(Cc2cccc3ccccc23)c1. The molecule has 0 atom stereocenters. The van der Waals surface area contributed by atoms with E-state index in [1.165, 1.54) is 27.5 Å². The van der Waals surface area contributed by atoms with Crippen molar-refractivity contribution in [2.24, 2.45) is 0 Å². The zero-order chi connectivity index (χ0) is 14.5. The third-order valence-corrected chi connectivity index (χ3v) is 3.90. The molecule has 0 spiro atoms. The molecule has 104 valence electrons. The summed E-state index contributed by atoms with van der Waals surface area (Å²) in [5, 5.41) is 2.68. The van der Waals surface area contributed by atoms with E-state index in [1.54, 1.807) is 0 Å². The van der Waals surface area contributed by atoms with E-state index in [9.17, 15) is 0 Å². The van der Waals surface area contributed by atoms with Crippen LogP contribution in [0.3, 0.4) is 0 Å². The van der Waals surface area contributed by atoms with Gasteiger partial charge < -0.3 is 0 Å². The van der Waals surface area contributed by atoms with E-state index >= 15 is 0 Å². The molecule has 0 aromatic heterocycles. The van der Waals surface area contributed by atoms with Crippen molar-refractivity contribution in [2.45, 2.75) is 19.3 Å². The van der Waals surface area contributed by atoms with Crippen LogP contribution in [-0.2, 0) is 12.8 Å². The lowest BCUT2D eigenvalue weighted by Gasteiger charge is -2.08. The second-order valence-corrected chi connectivity index (χ2v) is 5.46. The van der Waals surface area contributed by atoms with Gasteiger partial charge in [-0.25, -0.2) is 0 Å². The van der Waals surface area contributed by atoms with Crippen molar-refractivity contribution in [2.75, 3.05) is 0 Å². The van der Waals surface area contributed by atoms with Crippen LogP contribution < -0.4 is 0 Å². The van der Waals surface area contributed by atoms with Crippen molar-refractivity contribution in [1.82, 2.24) is 0 Å². The first-order valence-electron chi connectivity index (χ1n) is 7.52. The van der Waals surface area contributed by atoms with E-state index in [2.05, 4.69) is 73.3 Å². The Labute approximate surface area is 126 Å². The Hall–Kier alpha value is -2.34. The number of hydrogen-bond acceptors (Lipinski definition) is 0. The van der Waals surface area contributed by atoms with Crippen molar-refractivity contribution in [3.63, 3.8) is 0 Å². The third kappa shape index (κ3) is 3.22. The predicted molar refractivity (Wildman–Crippen MR) is 91.7 cm³/mol. The molecule has 0 amide bonds. The topological polar surface area (TPSA) is 0 Å². The highest BCUT2D eigenvalue weighted by atomic mass is 14.1. The largest absolute Gasteiger partial charge is 0.103 e. The molecule has 0 aliphatic heterocycles. The predicted octanol–water partition coefficient (Wildman–Crippen LogP) is 5.55. The summed E-state index contributed by atoms with van der Waals surface area (Å²) in [7, 11) is 0. The molecule has 0 aliphatic carbocycles. The molecular formula is C21H20. The molecule has 21 heavy (non-hydrogen) atoms. The van der Waals surface area contributed by atoms with E-state index in [0.29, 0.717) is 0 Å². The lowest BCUT2D eigenvalue weighted by Crippen LogP contribution is -1.92. The van der Waals surface area contributed by atoms with Crippen LogP contribution in [0.2, 0.25) is 0 Å².